The molecule has 0 saturated carbocycles. The van der Waals surface area contributed by atoms with Crippen LogP contribution in [-0.4, -0.2) is 5.91 Å². The van der Waals surface area contributed by atoms with E-state index in [1.165, 1.54) is 0 Å². The third kappa shape index (κ3) is 3.40. The van der Waals surface area contributed by atoms with Gasteiger partial charge in [0, 0.05) is 16.3 Å². The van der Waals surface area contributed by atoms with Crippen molar-refractivity contribution in [2.75, 3.05) is 5.32 Å². The maximum Gasteiger partial charge on any atom is 0.255 e. The van der Waals surface area contributed by atoms with Gasteiger partial charge in [-0.25, -0.2) is 0 Å². The molecule has 0 spiro atoms. The van der Waals surface area contributed by atoms with Crippen LogP contribution in [0.15, 0.2) is 48.5 Å². The average molecular weight is 288 g/mol. The van der Waals surface area contributed by atoms with Gasteiger partial charge in [-0.3, -0.25) is 4.79 Å². The Morgan fingerprint density at radius 3 is 2.20 bits per heavy atom. The van der Waals surface area contributed by atoms with E-state index in [-0.39, 0.29) is 11.3 Å². The van der Waals surface area contributed by atoms with Crippen LogP contribution in [0.25, 0.3) is 0 Å². The fourth-order valence-electron chi connectivity index (χ4n) is 2.04. The number of benzene rings is 2. The van der Waals surface area contributed by atoms with Gasteiger partial charge >= 0.3 is 0 Å². The predicted molar refractivity (Wildman–Crippen MR) is 84.5 cm³/mol. The molecule has 0 radical (unpaired) electrons. The molecule has 1 amide bonds. The summed E-state index contributed by atoms with van der Waals surface area (Å²) < 4.78 is 0. The monoisotopic (exact) mass is 287 g/mol. The number of carbonyl (C=O) groups is 1. The van der Waals surface area contributed by atoms with Crippen molar-refractivity contribution in [1.82, 2.24) is 0 Å². The first-order chi connectivity index (χ1) is 9.38. The molecule has 0 unspecified atom stereocenters. The number of para-hydroxylation sites is 1. The molecule has 0 aliphatic rings. The maximum absolute atomic E-state index is 12.3. The number of hydrogen-bond acceptors (Lipinski definition) is 1. The van der Waals surface area contributed by atoms with Gasteiger partial charge < -0.3 is 5.32 Å². The molecule has 2 nitrogen and oxygen atoms in total. The van der Waals surface area contributed by atoms with Crippen LogP contribution in [0.2, 0.25) is 5.02 Å². The summed E-state index contributed by atoms with van der Waals surface area (Å²) in [5.41, 5.74) is 2.53. The highest BCUT2D eigenvalue weighted by Crippen LogP contribution is 2.29. The minimum absolute atomic E-state index is 0.0239. The Balaban J connectivity index is 2.26. The number of nitrogens with one attached hydrogen (secondary N) is 1. The van der Waals surface area contributed by atoms with Crippen LogP contribution in [-0.2, 0) is 5.41 Å². The minimum Gasteiger partial charge on any atom is -0.322 e. The minimum atomic E-state index is -0.127. The Kier molecular flexibility index (Phi) is 4.15. The average Bonchev–Trinajstić information content (AvgIpc) is 2.38. The molecule has 2 rings (SSSR count). The second kappa shape index (κ2) is 5.68. The van der Waals surface area contributed by atoms with Gasteiger partial charge in [-0.1, -0.05) is 50.6 Å². The largest absolute Gasteiger partial charge is 0.322 e. The predicted octanol–water partition coefficient (Wildman–Crippen LogP) is 4.89. The third-order valence-corrected chi connectivity index (χ3v) is 3.34. The number of halogens is 1. The lowest BCUT2D eigenvalue weighted by Gasteiger charge is -2.23. The van der Waals surface area contributed by atoms with E-state index in [1.807, 2.05) is 24.3 Å². The molecule has 0 saturated heterocycles. The first kappa shape index (κ1) is 14.6. The lowest BCUT2D eigenvalue weighted by Crippen LogP contribution is -2.18. The fraction of sp³-hybridized carbons (Fsp3) is 0.235. The van der Waals surface area contributed by atoms with Crippen molar-refractivity contribution in [1.29, 1.82) is 0 Å². The summed E-state index contributed by atoms with van der Waals surface area (Å²) >= 11 is 5.83. The van der Waals surface area contributed by atoms with Crippen molar-refractivity contribution in [2.45, 2.75) is 26.2 Å². The fourth-order valence-corrected chi connectivity index (χ4v) is 2.17. The van der Waals surface area contributed by atoms with Gasteiger partial charge in [-0.2, -0.15) is 0 Å². The van der Waals surface area contributed by atoms with Crippen molar-refractivity contribution in [3.8, 4) is 0 Å². The Hall–Kier alpha value is -1.80. The summed E-state index contributed by atoms with van der Waals surface area (Å²) in [6.07, 6.45) is 0. The summed E-state index contributed by atoms with van der Waals surface area (Å²) in [7, 11) is 0. The summed E-state index contributed by atoms with van der Waals surface area (Å²) in [5, 5.41) is 3.59. The van der Waals surface area contributed by atoms with E-state index in [2.05, 4.69) is 26.1 Å². The molecule has 3 heteroatoms. The van der Waals surface area contributed by atoms with Crippen molar-refractivity contribution < 1.29 is 4.79 Å². The maximum atomic E-state index is 12.3. The van der Waals surface area contributed by atoms with Gasteiger partial charge in [-0.15, -0.1) is 0 Å². The Morgan fingerprint density at radius 2 is 1.60 bits per heavy atom. The summed E-state index contributed by atoms with van der Waals surface area (Å²) in [6.45, 7) is 6.38. The summed E-state index contributed by atoms with van der Waals surface area (Å²) in [6, 6.07) is 14.7. The topological polar surface area (TPSA) is 29.1 Å². The van der Waals surface area contributed by atoms with Crippen molar-refractivity contribution in [2.24, 2.45) is 0 Å². The van der Waals surface area contributed by atoms with E-state index < -0.39 is 0 Å². The quantitative estimate of drug-likeness (QED) is 0.837. The second-order valence-corrected chi connectivity index (χ2v) is 6.19. The molecule has 2 aromatic rings. The highest BCUT2D eigenvalue weighted by Gasteiger charge is 2.18. The van der Waals surface area contributed by atoms with Gasteiger partial charge in [0.25, 0.3) is 5.91 Å². The van der Waals surface area contributed by atoms with E-state index in [1.54, 1.807) is 24.3 Å². The van der Waals surface area contributed by atoms with Gasteiger partial charge in [0.1, 0.15) is 0 Å². The van der Waals surface area contributed by atoms with Crippen LogP contribution in [0.3, 0.4) is 0 Å². The molecular weight excluding hydrogens is 270 g/mol. The van der Waals surface area contributed by atoms with Gasteiger partial charge in [0.05, 0.1) is 0 Å². The Morgan fingerprint density at radius 1 is 1.00 bits per heavy atom. The van der Waals surface area contributed by atoms with Crippen LogP contribution in [0.1, 0.15) is 36.7 Å². The molecule has 20 heavy (non-hydrogen) atoms. The molecular formula is C17H18ClNO. The first-order valence-corrected chi connectivity index (χ1v) is 6.92. The van der Waals surface area contributed by atoms with Crippen LogP contribution in [0, 0.1) is 0 Å². The zero-order valence-electron chi connectivity index (χ0n) is 11.9. The lowest BCUT2D eigenvalue weighted by atomic mass is 9.86. The molecule has 0 bridgehead atoms. The normalized spacial score (nSPS) is 11.2. The molecule has 0 aromatic heterocycles. The van der Waals surface area contributed by atoms with Crippen molar-refractivity contribution in [3.05, 3.63) is 64.7 Å². The number of anilines is 1. The van der Waals surface area contributed by atoms with Crippen molar-refractivity contribution >= 4 is 23.2 Å². The van der Waals surface area contributed by atoms with Crippen molar-refractivity contribution in [3.63, 3.8) is 0 Å². The van der Waals surface area contributed by atoms with E-state index in [4.69, 9.17) is 11.6 Å². The van der Waals surface area contributed by atoms with Gasteiger partial charge in [0.2, 0.25) is 0 Å². The van der Waals surface area contributed by atoms with Crippen LogP contribution < -0.4 is 5.32 Å². The molecule has 1 N–H and O–H groups in total. The zero-order chi connectivity index (χ0) is 14.8. The number of amides is 1. The highest BCUT2D eigenvalue weighted by atomic mass is 35.5. The highest BCUT2D eigenvalue weighted by molar-refractivity contribution is 6.30. The number of rotatable bonds is 2. The standard InChI is InChI=1S/C17H18ClNO/c1-17(2,3)14-6-4-5-7-15(14)19-16(20)12-8-10-13(18)11-9-12/h4-11H,1-3H3,(H,19,20). The molecule has 2 aromatic carbocycles. The SMILES string of the molecule is CC(C)(C)c1ccccc1NC(=O)c1ccc(Cl)cc1. The summed E-state index contributed by atoms with van der Waals surface area (Å²) in [4.78, 5) is 12.3. The second-order valence-electron chi connectivity index (χ2n) is 5.76. The first-order valence-electron chi connectivity index (χ1n) is 6.54. The smallest absolute Gasteiger partial charge is 0.255 e. The van der Waals surface area contributed by atoms with E-state index in [0.29, 0.717) is 10.6 Å². The molecule has 0 aliphatic heterocycles. The summed E-state index contributed by atoms with van der Waals surface area (Å²) in [5.74, 6) is -0.127. The lowest BCUT2D eigenvalue weighted by molar-refractivity contribution is 0.102. The number of carbonyl (C=O) groups excluding carboxylic acids is 1. The van der Waals surface area contributed by atoms with Gasteiger partial charge in [0.15, 0.2) is 0 Å². The van der Waals surface area contributed by atoms with E-state index in [0.717, 1.165) is 11.3 Å². The van der Waals surface area contributed by atoms with E-state index in [9.17, 15) is 4.79 Å². The molecule has 0 atom stereocenters. The molecule has 0 fully saturated rings. The number of hydrogen-bond donors (Lipinski definition) is 1. The Bertz CT molecular complexity index is 612. The van der Waals surface area contributed by atoms with Crippen LogP contribution in [0.5, 0.6) is 0 Å². The Labute approximate surface area is 124 Å². The molecule has 104 valence electrons. The van der Waals surface area contributed by atoms with Crippen LogP contribution in [0.4, 0.5) is 5.69 Å². The third-order valence-electron chi connectivity index (χ3n) is 3.09. The molecule has 0 heterocycles. The zero-order valence-corrected chi connectivity index (χ0v) is 12.7. The van der Waals surface area contributed by atoms with Gasteiger partial charge in [-0.05, 0) is 41.3 Å². The van der Waals surface area contributed by atoms with Crippen LogP contribution >= 0.6 is 11.6 Å². The van der Waals surface area contributed by atoms with E-state index >= 15 is 0 Å². The molecule has 0 aliphatic carbocycles.